The van der Waals surface area contributed by atoms with Gasteiger partial charge in [0.1, 0.15) is 0 Å². The fourth-order valence-corrected chi connectivity index (χ4v) is 2.91. The molecule has 0 aromatic carbocycles. The highest BCUT2D eigenvalue weighted by Gasteiger charge is 2.46. The van der Waals surface area contributed by atoms with Gasteiger partial charge in [0.15, 0.2) is 5.79 Å². The quantitative estimate of drug-likeness (QED) is 0.781. The number of likely N-dealkylation sites (tertiary alicyclic amines) is 1. The molecule has 3 atom stereocenters. The van der Waals surface area contributed by atoms with Crippen LogP contribution in [0.4, 0.5) is 0 Å². The summed E-state index contributed by atoms with van der Waals surface area (Å²) in [5, 5.41) is 0. The van der Waals surface area contributed by atoms with Gasteiger partial charge >= 0.3 is 0 Å². The summed E-state index contributed by atoms with van der Waals surface area (Å²) in [5.41, 5.74) is 5.63. The first-order chi connectivity index (χ1) is 7.69. The predicted octanol–water partition coefficient (Wildman–Crippen LogP) is 0.951. The smallest absolute Gasteiger partial charge is 0.181 e. The summed E-state index contributed by atoms with van der Waals surface area (Å²) in [6.45, 7) is 7.70. The fourth-order valence-electron chi connectivity index (χ4n) is 2.91. The highest BCUT2D eigenvalue weighted by molar-refractivity contribution is 4.91. The van der Waals surface area contributed by atoms with Crippen LogP contribution in [0.15, 0.2) is 0 Å². The van der Waals surface area contributed by atoms with Gasteiger partial charge in [0.2, 0.25) is 0 Å². The topological polar surface area (TPSA) is 47.7 Å². The molecule has 0 aromatic rings. The lowest BCUT2D eigenvalue weighted by molar-refractivity contribution is -0.203. The van der Waals surface area contributed by atoms with E-state index < -0.39 is 5.79 Å². The first-order valence-corrected chi connectivity index (χ1v) is 6.45. The second kappa shape index (κ2) is 5.00. The number of hydrogen-bond donors (Lipinski definition) is 1. The molecule has 94 valence electrons. The number of rotatable bonds is 3. The molecule has 0 radical (unpaired) electrons. The zero-order valence-corrected chi connectivity index (χ0v) is 10.4. The maximum absolute atomic E-state index is 5.98. The fraction of sp³-hybridized carbons (Fsp3) is 1.00. The average Bonchev–Trinajstić information content (AvgIpc) is 2.72. The Morgan fingerprint density at radius 2 is 2.25 bits per heavy atom. The van der Waals surface area contributed by atoms with E-state index in [9.17, 15) is 0 Å². The largest absolute Gasteiger partial charge is 0.346 e. The van der Waals surface area contributed by atoms with Crippen molar-refractivity contribution in [3.8, 4) is 0 Å². The monoisotopic (exact) mass is 228 g/mol. The van der Waals surface area contributed by atoms with Gasteiger partial charge in [-0.1, -0.05) is 13.3 Å². The summed E-state index contributed by atoms with van der Waals surface area (Å²) >= 11 is 0. The minimum absolute atomic E-state index is 0.0747. The van der Waals surface area contributed by atoms with Crippen LogP contribution in [0, 0.1) is 0 Å². The third-order valence-corrected chi connectivity index (χ3v) is 3.84. The average molecular weight is 228 g/mol. The molecule has 2 N–H and O–H groups in total. The molecule has 2 saturated heterocycles. The van der Waals surface area contributed by atoms with Crippen molar-refractivity contribution in [2.24, 2.45) is 5.73 Å². The van der Waals surface area contributed by atoms with Crippen LogP contribution < -0.4 is 5.73 Å². The molecule has 2 heterocycles. The number of hydrogen-bond acceptors (Lipinski definition) is 4. The maximum Gasteiger partial charge on any atom is 0.181 e. The van der Waals surface area contributed by atoms with Gasteiger partial charge in [0, 0.05) is 6.54 Å². The highest BCUT2D eigenvalue weighted by Crippen LogP contribution is 2.34. The van der Waals surface area contributed by atoms with Gasteiger partial charge in [-0.2, -0.15) is 0 Å². The zero-order valence-electron chi connectivity index (χ0n) is 10.4. The van der Waals surface area contributed by atoms with E-state index in [2.05, 4.69) is 18.7 Å². The number of piperidine rings is 1. The molecule has 16 heavy (non-hydrogen) atoms. The molecular weight excluding hydrogens is 204 g/mol. The van der Waals surface area contributed by atoms with Crippen LogP contribution in [0.3, 0.4) is 0 Å². The lowest BCUT2D eigenvalue weighted by Crippen LogP contribution is -2.54. The van der Waals surface area contributed by atoms with Gasteiger partial charge in [-0.15, -0.1) is 0 Å². The Hall–Kier alpha value is -0.160. The number of nitrogens with two attached hydrogens (primary N) is 1. The van der Waals surface area contributed by atoms with E-state index in [1.54, 1.807) is 0 Å². The molecule has 0 amide bonds. The van der Waals surface area contributed by atoms with Gasteiger partial charge in [0.25, 0.3) is 0 Å². The minimum atomic E-state index is -0.444. The van der Waals surface area contributed by atoms with E-state index in [0.29, 0.717) is 19.2 Å². The molecular formula is C12H24N2O2. The molecule has 3 unspecified atom stereocenters. The second-order valence-corrected chi connectivity index (χ2v) is 4.94. The van der Waals surface area contributed by atoms with Crippen LogP contribution in [-0.2, 0) is 9.47 Å². The number of nitrogens with zero attached hydrogens (tertiary/aromatic N) is 1. The highest BCUT2D eigenvalue weighted by atomic mass is 16.7. The maximum atomic E-state index is 5.98. The number of likely N-dealkylation sites (N-methyl/N-ethyl adjacent to an activating group) is 1. The Morgan fingerprint density at radius 1 is 1.44 bits per heavy atom. The summed E-state index contributed by atoms with van der Waals surface area (Å²) in [7, 11) is 0. The third-order valence-electron chi connectivity index (χ3n) is 3.84. The summed E-state index contributed by atoms with van der Waals surface area (Å²) in [6.07, 6.45) is 3.81. The van der Waals surface area contributed by atoms with E-state index in [0.717, 1.165) is 13.1 Å². The molecule has 2 aliphatic heterocycles. The van der Waals surface area contributed by atoms with E-state index in [1.807, 2.05) is 0 Å². The van der Waals surface area contributed by atoms with Crippen molar-refractivity contribution >= 4 is 0 Å². The Morgan fingerprint density at radius 3 is 2.88 bits per heavy atom. The lowest BCUT2D eigenvalue weighted by Gasteiger charge is -2.43. The molecule has 2 fully saturated rings. The molecule has 2 aliphatic rings. The summed E-state index contributed by atoms with van der Waals surface area (Å²) in [4.78, 5) is 2.47. The van der Waals surface area contributed by atoms with Crippen molar-refractivity contribution in [2.75, 3.05) is 26.2 Å². The second-order valence-electron chi connectivity index (χ2n) is 4.94. The summed E-state index contributed by atoms with van der Waals surface area (Å²) < 4.78 is 11.9. The normalized spacial score (nSPS) is 41.4. The molecule has 0 bridgehead atoms. The SMILES string of the molecule is CCN1CCCCC1C1(C)OCC(CN)O1. The molecule has 2 rings (SSSR count). The van der Waals surface area contributed by atoms with Crippen molar-refractivity contribution in [3.63, 3.8) is 0 Å². The molecule has 0 spiro atoms. The van der Waals surface area contributed by atoms with Gasteiger partial charge in [-0.05, 0) is 32.9 Å². The van der Waals surface area contributed by atoms with Crippen molar-refractivity contribution < 1.29 is 9.47 Å². The molecule has 4 heteroatoms. The first-order valence-electron chi connectivity index (χ1n) is 6.45. The summed E-state index contributed by atoms with van der Waals surface area (Å²) in [5.74, 6) is -0.444. The Bertz CT molecular complexity index is 237. The Kier molecular flexibility index (Phi) is 3.85. The standard InChI is InChI=1S/C12H24N2O2/c1-3-14-7-5-4-6-11(14)12(2)15-9-10(8-13)16-12/h10-11H,3-9,13H2,1-2H3. The molecule has 0 aromatic heterocycles. The van der Waals surface area contributed by atoms with Crippen LogP contribution in [-0.4, -0.2) is 49.1 Å². The predicted molar refractivity (Wildman–Crippen MR) is 63.2 cm³/mol. The van der Waals surface area contributed by atoms with Gasteiger partial charge < -0.3 is 15.2 Å². The third kappa shape index (κ3) is 2.25. The van der Waals surface area contributed by atoms with Crippen LogP contribution in [0.1, 0.15) is 33.1 Å². The van der Waals surface area contributed by atoms with Crippen LogP contribution in [0.5, 0.6) is 0 Å². The van der Waals surface area contributed by atoms with Gasteiger partial charge in [0.05, 0.1) is 18.8 Å². The van der Waals surface area contributed by atoms with Crippen LogP contribution in [0.2, 0.25) is 0 Å². The lowest BCUT2D eigenvalue weighted by atomic mass is 9.95. The van der Waals surface area contributed by atoms with E-state index >= 15 is 0 Å². The van der Waals surface area contributed by atoms with Crippen molar-refractivity contribution in [1.82, 2.24) is 4.90 Å². The number of ether oxygens (including phenoxy) is 2. The molecule has 0 saturated carbocycles. The van der Waals surface area contributed by atoms with Crippen molar-refractivity contribution in [2.45, 2.75) is 51.0 Å². The minimum Gasteiger partial charge on any atom is -0.346 e. The van der Waals surface area contributed by atoms with Gasteiger partial charge in [-0.25, -0.2) is 0 Å². The molecule has 0 aliphatic carbocycles. The van der Waals surface area contributed by atoms with Gasteiger partial charge in [-0.3, -0.25) is 4.90 Å². The van der Waals surface area contributed by atoms with E-state index in [1.165, 1.54) is 19.3 Å². The van der Waals surface area contributed by atoms with Crippen LogP contribution in [0.25, 0.3) is 0 Å². The Balaban J connectivity index is 2.04. The zero-order chi connectivity index (χ0) is 11.6. The Labute approximate surface area is 98.1 Å². The summed E-state index contributed by atoms with van der Waals surface area (Å²) in [6, 6.07) is 0.391. The van der Waals surface area contributed by atoms with Crippen molar-refractivity contribution in [3.05, 3.63) is 0 Å². The van der Waals surface area contributed by atoms with E-state index in [4.69, 9.17) is 15.2 Å². The van der Waals surface area contributed by atoms with Crippen LogP contribution >= 0.6 is 0 Å². The van der Waals surface area contributed by atoms with Crippen molar-refractivity contribution in [1.29, 1.82) is 0 Å². The molecule has 4 nitrogen and oxygen atoms in total. The van der Waals surface area contributed by atoms with E-state index in [-0.39, 0.29) is 6.10 Å². The first kappa shape index (κ1) is 12.3.